The smallest absolute Gasteiger partial charge is 0.131 e. The maximum Gasteiger partial charge on any atom is 0.131 e. The van der Waals surface area contributed by atoms with Crippen molar-refractivity contribution >= 4 is 0 Å². The molecule has 7 heteroatoms. The molecule has 1 atom stereocenters. The number of ether oxygens (including phenoxy) is 1. The molecule has 4 nitrogen and oxygen atoms in total. The second-order valence-electron chi connectivity index (χ2n) is 7.11. The summed E-state index contributed by atoms with van der Waals surface area (Å²) in [6.07, 6.45) is 0.547. The number of piperazine rings is 1. The molecule has 1 unspecified atom stereocenters. The molecule has 152 valence electrons. The van der Waals surface area contributed by atoms with Crippen molar-refractivity contribution in [3.63, 3.8) is 0 Å². The van der Waals surface area contributed by atoms with E-state index in [2.05, 4.69) is 9.80 Å². The third-order valence-electron chi connectivity index (χ3n) is 5.11. The number of halogens is 3. The van der Waals surface area contributed by atoms with Crippen molar-refractivity contribution < 1.29 is 23.0 Å². The number of aliphatic hydroxyl groups excluding tert-OH is 1. The molecule has 0 saturated carbocycles. The minimum absolute atomic E-state index is 0.0225. The second-order valence-corrected chi connectivity index (χ2v) is 7.11. The molecule has 2 aromatic carbocycles. The number of rotatable bonds is 7. The molecule has 1 heterocycles. The Bertz CT molecular complexity index is 783. The molecule has 1 saturated heterocycles. The molecule has 0 radical (unpaired) electrons. The van der Waals surface area contributed by atoms with Gasteiger partial charge in [0.2, 0.25) is 0 Å². The molecular weight excluding hydrogens is 369 g/mol. The average Bonchev–Trinajstić information content (AvgIpc) is 2.64. The van der Waals surface area contributed by atoms with Crippen LogP contribution in [0.3, 0.4) is 0 Å². The number of nitrogens with zero attached hydrogens (tertiary/aromatic N) is 2. The van der Waals surface area contributed by atoms with Gasteiger partial charge in [-0.2, -0.15) is 0 Å². The summed E-state index contributed by atoms with van der Waals surface area (Å²) in [7, 11) is 1.50. The Labute approximate surface area is 163 Å². The van der Waals surface area contributed by atoms with Gasteiger partial charge in [0.25, 0.3) is 0 Å². The Morgan fingerprint density at radius 1 is 1.04 bits per heavy atom. The highest BCUT2D eigenvalue weighted by Crippen LogP contribution is 2.22. The quantitative estimate of drug-likeness (QED) is 0.783. The lowest BCUT2D eigenvalue weighted by atomic mass is 10.1. The third kappa shape index (κ3) is 5.25. The molecule has 28 heavy (non-hydrogen) atoms. The zero-order valence-corrected chi connectivity index (χ0v) is 15.9. The van der Waals surface area contributed by atoms with E-state index in [1.54, 1.807) is 12.1 Å². The second kappa shape index (κ2) is 9.41. The van der Waals surface area contributed by atoms with Crippen LogP contribution in [0.4, 0.5) is 13.2 Å². The predicted molar refractivity (Wildman–Crippen MR) is 100 cm³/mol. The number of aliphatic hydroxyl groups is 1. The lowest BCUT2D eigenvalue weighted by Gasteiger charge is -2.41. The molecule has 0 aromatic heterocycles. The summed E-state index contributed by atoms with van der Waals surface area (Å²) < 4.78 is 46.2. The molecular formula is C21H25F3N2O2. The Balaban J connectivity index is 1.67. The van der Waals surface area contributed by atoms with Gasteiger partial charge in [0.15, 0.2) is 0 Å². The molecule has 1 N–H and O–H groups in total. The van der Waals surface area contributed by atoms with Crippen LogP contribution in [0.25, 0.3) is 0 Å². The van der Waals surface area contributed by atoms with Crippen LogP contribution in [0.5, 0.6) is 5.75 Å². The van der Waals surface area contributed by atoms with Crippen molar-refractivity contribution in [1.82, 2.24) is 9.80 Å². The minimum atomic E-state index is -0.587. The topological polar surface area (TPSA) is 35.9 Å². The summed E-state index contributed by atoms with van der Waals surface area (Å²) in [6, 6.07) is 8.37. The molecule has 1 aliphatic heterocycles. The van der Waals surface area contributed by atoms with Gasteiger partial charge in [0.05, 0.1) is 7.11 Å². The molecule has 0 spiro atoms. The van der Waals surface area contributed by atoms with Gasteiger partial charge in [-0.25, -0.2) is 13.2 Å². The molecule has 1 fully saturated rings. The van der Waals surface area contributed by atoms with Crippen molar-refractivity contribution in [2.75, 3.05) is 33.4 Å². The van der Waals surface area contributed by atoms with Crippen LogP contribution in [0, 0.1) is 17.5 Å². The van der Waals surface area contributed by atoms with Gasteiger partial charge in [-0.3, -0.25) is 9.80 Å². The number of hydrogen-bond donors (Lipinski definition) is 1. The van der Waals surface area contributed by atoms with Gasteiger partial charge in [0.1, 0.15) is 23.2 Å². The van der Waals surface area contributed by atoms with Crippen LogP contribution in [0.2, 0.25) is 0 Å². The predicted octanol–water partition coefficient (Wildman–Crippen LogP) is 3.18. The minimum Gasteiger partial charge on any atom is -0.497 e. The van der Waals surface area contributed by atoms with E-state index in [9.17, 15) is 18.3 Å². The lowest BCUT2D eigenvalue weighted by Crippen LogP contribution is -2.52. The van der Waals surface area contributed by atoms with E-state index in [-0.39, 0.29) is 18.5 Å². The monoisotopic (exact) mass is 394 g/mol. The summed E-state index contributed by atoms with van der Waals surface area (Å²) in [5.74, 6) is -1.02. The Kier molecular flexibility index (Phi) is 6.93. The van der Waals surface area contributed by atoms with Crippen LogP contribution in [0.1, 0.15) is 17.5 Å². The van der Waals surface area contributed by atoms with Crippen molar-refractivity contribution in [1.29, 1.82) is 0 Å². The normalized spacial score (nSPS) is 18.4. The molecule has 0 aliphatic carbocycles. The number of benzene rings is 2. The first-order valence-corrected chi connectivity index (χ1v) is 9.33. The molecule has 3 rings (SSSR count). The largest absolute Gasteiger partial charge is 0.497 e. The van der Waals surface area contributed by atoms with Gasteiger partial charge in [0, 0.05) is 63.1 Å². The fourth-order valence-corrected chi connectivity index (χ4v) is 3.69. The maximum atomic E-state index is 14.3. The first kappa shape index (κ1) is 20.6. The van der Waals surface area contributed by atoms with Crippen molar-refractivity contribution in [2.45, 2.75) is 25.6 Å². The zero-order chi connectivity index (χ0) is 20.1. The third-order valence-corrected chi connectivity index (χ3v) is 5.11. The van der Waals surface area contributed by atoms with Crippen LogP contribution in [-0.2, 0) is 13.1 Å². The molecule has 2 aromatic rings. The van der Waals surface area contributed by atoms with E-state index in [0.29, 0.717) is 56.0 Å². The van der Waals surface area contributed by atoms with Gasteiger partial charge < -0.3 is 9.84 Å². The zero-order valence-electron chi connectivity index (χ0n) is 15.9. The van der Waals surface area contributed by atoms with Crippen LogP contribution < -0.4 is 4.74 Å². The molecule has 1 aliphatic rings. The van der Waals surface area contributed by atoms with Crippen molar-refractivity contribution in [3.05, 3.63) is 65.0 Å². The van der Waals surface area contributed by atoms with Crippen LogP contribution >= 0.6 is 0 Å². The van der Waals surface area contributed by atoms with Crippen LogP contribution in [-0.4, -0.2) is 54.3 Å². The van der Waals surface area contributed by atoms with Crippen molar-refractivity contribution in [2.24, 2.45) is 0 Å². The fraction of sp³-hybridized carbons (Fsp3) is 0.429. The standard InChI is InChI=1S/C21H25F3N2O2/c1-28-20-3-2-16(21(24)11-20)13-26-6-5-25(14-19(26)4-7-27)12-15-8-17(22)10-18(23)9-15/h2-3,8-11,19,27H,4-7,12-14H2,1H3. The Morgan fingerprint density at radius 2 is 1.79 bits per heavy atom. The summed E-state index contributed by atoms with van der Waals surface area (Å²) in [5, 5.41) is 9.44. The Morgan fingerprint density at radius 3 is 2.43 bits per heavy atom. The van der Waals surface area contributed by atoms with E-state index in [0.717, 1.165) is 6.07 Å². The first-order chi connectivity index (χ1) is 13.5. The highest BCUT2D eigenvalue weighted by Gasteiger charge is 2.27. The lowest BCUT2D eigenvalue weighted by molar-refractivity contribution is 0.0492. The SMILES string of the molecule is COc1ccc(CN2CCN(Cc3cc(F)cc(F)c3)CC2CCO)c(F)c1. The molecule has 0 bridgehead atoms. The number of hydrogen-bond acceptors (Lipinski definition) is 4. The van der Waals surface area contributed by atoms with E-state index >= 15 is 0 Å². The molecule has 0 amide bonds. The van der Waals surface area contributed by atoms with E-state index < -0.39 is 11.6 Å². The van der Waals surface area contributed by atoms with Crippen LogP contribution in [0.15, 0.2) is 36.4 Å². The fourth-order valence-electron chi connectivity index (χ4n) is 3.69. The van der Waals surface area contributed by atoms with E-state index in [1.165, 1.54) is 25.3 Å². The highest BCUT2D eigenvalue weighted by atomic mass is 19.1. The number of methoxy groups -OCH3 is 1. The van der Waals surface area contributed by atoms with Gasteiger partial charge >= 0.3 is 0 Å². The van der Waals surface area contributed by atoms with Gasteiger partial charge in [-0.1, -0.05) is 6.07 Å². The van der Waals surface area contributed by atoms with E-state index in [4.69, 9.17) is 4.74 Å². The summed E-state index contributed by atoms with van der Waals surface area (Å²) >= 11 is 0. The van der Waals surface area contributed by atoms with E-state index in [1.807, 2.05) is 0 Å². The maximum absolute atomic E-state index is 14.3. The van der Waals surface area contributed by atoms with Crippen molar-refractivity contribution in [3.8, 4) is 5.75 Å². The van der Waals surface area contributed by atoms with Gasteiger partial charge in [-0.15, -0.1) is 0 Å². The first-order valence-electron chi connectivity index (χ1n) is 9.33. The Hall–Kier alpha value is -2.09. The summed E-state index contributed by atoms with van der Waals surface area (Å²) in [4.78, 5) is 4.25. The average molecular weight is 394 g/mol. The highest BCUT2D eigenvalue weighted by molar-refractivity contribution is 5.29. The summed E-state index contributed by atoms with van der Waals surface area (Å²) in [5.41, 5.74) is 1.15. The summed E-state index contributed by atoms with van der Waals surface area (Å²) in [6.45, 7) is 2.89. The van der Waals surface area contributed by atoms with Gasteiger partial charge in [-0.05, 0) is 30.2 Å².